The third kappa shape index (κ3) is 5.78. The number of carbonyl (C=O) groups excluding carboxylic acids is 1. The van der Waals surface area contributed by atoms with Gasteiger partial charge < -0.3 is 20.6 Å². The van der Waals surface area contributed by atoms with Gasteiger partial charge in [0.2, 0.25) is 11.1 Å². The van der Waals surface area contributed by atoms with E-state index in [0.717, 1.165) is 5.56 Å². The second-order valence-electron chi connectivity index (χ2n) is 5.89. The van der Waals surface area contributed by atoms with Gasteiger partial charge in [-0.25, -0.2) is 4.68 Å². The summed E-state index contributed by atoms with van der Waals surface area (Å²) in [6.07, 6.45) is 0. The largest absolute Gasteiger partial charge is 0.497 e. The van der Waals surface area contributed by atoms with E-state index < -0.39 is 0 Å². The minimum Gasteiger partial charge on any atom is -0.497 e. The molecule has 0 atom stereocenters. The van der Waals surface area contributed by atoms with E-state index in [1.807, 2.05) is 30.3 Å². The number of nitrogens with one attached hydrogen (secondary N) is 1. The van der Waals surface area contributed by atoms with E-state index in [4.69, 9.17) is 26.9 Å². The van der Waals surface area contributed by atoms with Gasteiger partial charge in [-0.1, -0.05) is 47.6 Å². The molecule has 0 saturated carbocycles. The Morgan fingerprint density at radius 2 is 2.00 bits per heavy atom. The van der Waals surface area contributed by atoms with Crippen molar-refractivity contribution in [3.63, 3.8) is 0 Å². The molecular weight excluding hydrogens is 414 g/mol. The SMILES string of the molecule is COc1cccc(OCc2nnc(SCC(=O)NCc3ccccc3Cl)n2N)c1. The lowest BCUT2D eigenvalue weighted by Crippen LogP contribution is -2.25. The van der Waals surface area contributed by atoms with E-state index in [0.29, 0.717) is 34.0 Å². The number of nitrogens with zero attached hydrogens (tertiary/aromatic N) is 3. The predicted octanol–water partition coefficient (Wildman–Crippen LogP) is 2.64. The van der Waals surface area contributed by atoms with Crippen LogP contribution in [-0.2, 0) is 17.9 Å². The minimum atomic E-state index is -0.160. The van der Waals surface area contributed by atoms with Crippen LogP contribution in [0.3, 0.4) is 0 Å². The molecular formula is C19H20ClN5O3S. The van der Waals surface area contributed by atoms with Gasteiger partial charge in [0, 0.05) is 17.6 Å². The highest BCUT2D eigenvalue weighted by Gasteiger charge is 2.13. The number of benzene rings is 2. The summed E-state index contributed by atoms with van der Waals surface area (Å²) in [5.74, 6) is 7.75. The van der Waals surface area contributed by atoms with Crippen LogP contribution in [-0.4, -0.2) is 33.6 Å². The lowest BCUT2D eigenvalue weighted by atomic mass is 10.2. The lowest BCUT2D eigenvalue weighted by molar-refractivity contribution is -0.118. The highest BCUT2D eigenvalue weighted by molar-refractivity contribution is 7.99. The van der Waals surface area contributed by atoms with E-state index >= 15 is 0 Å². The third-order valence-corrected chi connectivity index (χ3v) is 5.22. The van der Waals surface area contributed by atoms with Crippen LogP contribution in [0, 0.1) is 0 Å². The topological polar surface area (TPSA) is 104 Å². The van der Waals surface area contributed by atoms with E-state index in [1.165, 1.54) is 16.4 Å². The number of rotatable bonds is 9. The Balaban J connectivity index is 1.48. The van der Waals surface area contributed by atoms with Crippen LogP contribution in [0.15, 0.2) is 53.7 Å². The molecule has 29 heavy (non-hydrogen) atoms. The fourth-order valence-corrected chi connectivity index (χ4v) is 3.27. The number of hydrogen-bond acceptors (Lipinski definition) is 7. The maximum absolute atomic E-state index is 12.1. The molecule has 0 spiro atoms. The summed E-state index contributed by atoms with van der Waals surface area (Å²) in [5, 5.41) is 11.9. The molecule has 0 bridgehead atoms. The standard InChI is InChI=1S/C19H20ClN5O3S/c1-27-14-6-4-7-15(9-14)28-11-17-23-24-19(25(17)21)29-12-18(26)22-10-13-5-2-3-8-16(13)20/h2-9H,10-12,21H2,1H3,(H,22,26). The first-order chi connectivity index (χ1) is 14.1. The molecule has 3 rings (SSSR count). The van der Waals surface area contributed by atoms with Crippen LogP contribution in [0.5, 0.6) is 11.5 Å². The molecule has 0 unspecified atom stereocenters. The maximum Gasteiger partial charge on any atom is 0.230 e. The first-order valence-corrected chi connectivity index (χ1v) is 10.0. The van der Waals surface area contributed by atoms with Crippen LogP contribution >= 0.6 is 23.4 Å². The van der Waals surface area contributed by atoms with Gasteiger partial charge in [0.15, 0.2) is 5.82 Å². The van der Waals surface area contributed by atoms with Gasteiger partial charge in [-0.2, -0.15) is 0 Å². The quantitative estimate of drug-likeness (QED) is 0.395. The Hall–Kier alpha value is -2.91. The number of thioether (sulfide) groups is 1. The number of hydrogen-bond donors (Lipinski definition) is 2. The smallest absolute Gasteiger partial charge is 0.230 e. The molecule has 2 aromatic carbocycles. The molecule has 0 aliphatic carbocycles. The zero-order valence-corrected chi connectivity index (χ0v) is 17.2. The average molecular weight is 434 g/mol. The molecule has 0 fully saturated rings. The van der Waals surface area contributed by atoms with Crippen molar-refractivity contribution in [2.75, 3.05) is 18.7 Å². The van der Waals surface area contributed by atoms with Gasteiger partial charge in [-0.05, 0) is 23.8 Å². The average Bonchev–Trinajstić information content (AvgIpc) is 3.09. The molecule has 0 aliphatic rings. The van der Waals surface area contributed by atoms with Crippen molar-refractivity contribution >= 4 is 29.3 Å². The number of amides is 1. The van der Waals surface area contributed by atoms with Crippen molar-refractivity contribution in [2.24, 2.45) is 0 Å². The van der Waals surface area contributed by atoms with Gasteiger partial charge in [0.1, 0.15) is 18.1 Å². The first kappa shape index (κ1) is 20.8. The van der Waals surface area contributed by atoms with Crippen LogP contribution in [0.2, 0.25) is 5.02 Å². The number of ether oxygens (including phenoxy) is 2. The fraction of sp³-hybridized carbons (Fsp3) is 0.211. The molecule has 8 nitrogen and oxygen atoms in total. The van der Waals surface area contributed by atoms with E-state index in [9.17, 15) is 4.79 Å². The summed E-state index contributed by atoms with van der Waals surface area (Å²) < 4.78 is 12.1. The van der Waals surface area contributed by atoms with Crippen LogP contribution < -0.4 is 20.6 Å². The Kier molecular flexibility index (Phi) is 7.20. The molecule has 0 saturated heterocycles. The highest BCUT2D eigenvalue weighted by atomic mass is 35.5. The molecule has 1 heterocycles. The third-order valence-electron chi connectivity index (χ3n) is 3.91. The first-order valence-electron chi connectivity index (χ1n) is 8.66. The molecule has 0 aliphatic heterocycles. The van der Waals surface area contributed by atoms with Gasteiger partial charge in [0.25, 0.3) is 0 Å². The Morgan fingerprint density at radius 1 is 1.21 bits per heavy atom. The molecule has 1 aromatic heterocycles. The monoisotopic (exact) mass is 433 g/mol. The summed E-state index contributed by atoms with van der Waals surface area (Å²) in [4.78, 5) is 12.1. The van der Waals surface area contributed by atoms with Crippen LogP contribution in [0.1, 0.15) is 11.4 Å². The predicted molar refractivity (Wildman–Crippen MR) is 112 cm³/mol. The van der Waals surface area contributed by atoms with Crippen molar-refractivity contribution in [3.05, 3.63) is 64.9 Å². The summed E-state index contributed by atoms with van der Waals surface area (Å²) in [5.41, 5.74) is 0.853. The summed E-state index contributed by atoms with van der Waals surface area (Å²) in [6, 6.07) is 14.6. The maximum atomic E-state index is 12.1. The molecule has 1 amide bonds. The number of halogens is 1. The van der Waals surface area contributed by atoms with E-state index in [1.54, 1.807) is 25.3 Å². The van der Waals surface area contributed by atoms with Crippen LogP contribution in [0.25, 0.3) is 0 Å². The van der Waals surface area contributed by atoms with E-state index in [-0.39, 0.29) is 18.3 Å². The normalized spacial score (nSPS) is 10.6. The second kappa shape index (κ2) is 10.0. The Labute approximate surface area is 177 Å². The zero-order valence-electron chi connectivity index (χ0n) is 15.7. The Morgan fingerprint density at radius 3 is 2.79 bits per heavy atom. The van der Waals surface area contributed by atoms with Gasteiger partial charge in [0.05, 0.1) is 12.9 Å². The number of nitrogen functional groups attached to an aromatic ring is 1. The number of carbonyl (C=O) groups is 1. The Bertz CT molecular complexity index is 982. The van der Waals surface area contributed by atoms with Crippen molar-refractivity contribution in [1.29, 1.82) is 0 Å². The van der Waals surface area contributed by atoms with Crippen molar-refractivity contribution in [2.45, 2.75) is 18.3 Å². The van der Waals surface area contributed by atoms with Gasteiger partial charge >= 0.3 is 0 Å². The molecule has 3 N–H and O–H groups in total. The van der Waals surface area contributed by atoms with Gasteiger partial charge in [-0.3, -0.25) is 4.79 Å². The summed E-state index contributed by atoms with van der Waals surface area (Å²) in [6.45, 7) is 0.490. The van der Waals surface area contributed by atoms with Crippen molar-refractivity contribution < 1.29 is 14.3 Å². The molecule has 0 radical (unpaired) electrons. The summed E-state index contributed by atoms with van der Waals surface area (Å²) >= 11 is 7.27. The van der Waals surface area contributed by atoms with Gasteiger partial charge in [-0.15, -0.1) is 10.2 Å². The number of methoxy groups -OCH3 is 1. The number of nitrogens with two attached hydrogens (primary N) is 1. The summed E-state index contributed by atoms with van der Waals surface area (Å²) in [7, 11) is 1.59. The minimum absolute atomic E-state index is 0.135. The van der Waals surface area contributed by atoms with E-state index in [2.05, 4.69) is 15.5 Å². The lowest BCUT2D eigenvalue weighted by Gasteiger charge is -2.08. The van der Waals surface area contributed by atoms with Crippen LogP contribution in [0.4, 0.5) is 0 Å². The van der Waals surface area contributed by atoms with Crippen molar-refractivity contribution in [3.8, 4) is 11.5 Å². The van der Waals surface area contributed by atoms with Crippen molar-refractivity contribution in [1.82, 2.24) is 20.2 Å². The second-order valence-corrected chi connectivity index (χ2v) is 7.24. The molecule has 10 heteroatoms. The fourth-order valence-electron chi connectivity index (χ4n) is 2.36. The molecule has 152 valence electrons. The molecule has 3 aromatic rings. The highest BCUT2D eigenvalue weighted by Crippen LogP contribution is 2.20. The number of aromatic nitrogens is 3. The zero-order chi connectivity index (χ0) is 20.6.